The van der Waals surface area contributed by atoms with Gasteiger partial charge in [-0.25, -0.2) is 4.57 Å². The number of benzene rings is 2. The van der Waals surface area contributed by atoms with Gasteiger partial charge in [0.25, 0.3) is 0 Å². The van der Waals surface area contributed by atoms with Crippen molar-refractivity contribution in [1.29, 1.82) is 0 Å². The lowest BCUT2D eigenvalue weighted by molar-refractivity contribution is -0.671. The normalized spacial score (nSPS) is 11.4. The highest BCUT2D eigenvalue weighted by Crippen LogP contribution is 2.16. The van der Waals surface area contributed by atoms with E-state index >= 15 is 0 Å². The standard InChI is InChI=1S/C25H27N2/c1-4-27(3)25-15-13-23(14-16-25)10-9-21-5-7-22(8-6-21)11-12-24-17-19-26(2)20-18-24/h5-20H,4H2,1-3H3/q+1. The maximum atomic E-state index is 2.23. The summed E-state index contributed by atoms with van der Waals surface area (Å²) in [6, 6.07) is 21.5. The molecular formula is C25H27N2+. The molecule has 1 aromatic heterocycles. The average molecular weight is 356 g/mol. The predicted octanol–water partition coefficient (Wildman–Crippen LogP) is 5.31. The SMILES string of the molecule is CCN(C)c1ccc(/C=C/c2ccc(/C=C/c3cc[n+](C)cc3)cc2)cc1. The topological polar surface area (TPSA) is 7.12 Å². The van der Waals surface area contributed by atoms with Crippen LogP contribution in [0.2, 0.25) is 0 Å². The maximum Gasteiger partial charge on any atom is 0.169 e. The van der Waals surface area contributed by atoms with Gasteiger partial charge in [-0.15, -0.1) is 0 Å². The van der Waals surface area contributed by atoms with Crippen molar-refractivity contribution in [2.24, 2.45) is 7.05 Å². The molecule has 2 nitrogen and oxygen atoms in total. The first kappa shape index (κ1) is 18.7. The van der Waals surface area contributed by atoms with E-state index in [2.05, 4.69) is 116 Å². The van der Waals surface area contributed by atoms with Crippen LogP contribution >= 0.6 is 0 Å². The van der Waals surface area contributed by atoms with Gasteiger partial charge in [-0.3, -0.25) is 0 Å². The monoisotopic (exact) mass is 355 g/mol. The van der Waals surface area contributed by atoms with Crippen LogP contribution in [-0.2, 0) is 7.05 Å². The Labute approximate surface area is 162 Å². The summed E-state index contributed by atoms with van der Waals surface area (Å²) in [7, 11) is 4.14. The van der Waals surface area contributed by atoms with Gasteiger partial charge >= 0.3 is 0 Å². The van der Waals surface area contributed by atoms with Crippen LogP contribution in [0.3, 0.4) is 0 Å². The molecule has 0 saturated heterocycles. The number of hydrogen-bond donors (Lipinski definition) is 0. The molecule has 0 aliphatic rings. The van der Waals surface area contributed by atoms with E-state index in [0.29, 0.717) is 0 Å². The molecule has 0 fully saturated rings. The molecule has 2 heteroatoms. The third-order valence-corrected chi connectivity index (χ3v) is 4.69. The van der Waals surface area contributed by atoms with Gasteiger partial charge in [0.15, 0.2) is 12.4 Å². The first-order chi connectivity index (χ1) is 13.1. The summed E-state index contributed by atoms with van der Waals surface area (Å²) in [5.74, 6) is 0. The number of aromatic nitrogens is 1. The number of aryl methyl sites for hydroxylation is 1. The first-order valence-corrected chi connectivity index (χ1v) is 9.37. The number of pyridine rings is 1. The summed E-state index contributed by atoms with van der Waals surface area (Å²) >= 11 is 0. The van der Waals surface area contributed by atoms with E-state index < -0.39 is 0 Å². The van der Waals surface area contributed by atoms with Gasteiger partial charge in [0.2, 0.25) is 0 Å². The largest absolute Gasteiger partial charge is 0.375 e. The molecule has 27 heavy (non-hydrogen) atoms. The lowest BCUT2D eigenvalue weighted by atomic mass is 10.1. The zero-order chi connectivity index (χ0) is 19.1. The van der Waals surface area contributed by atoms with Crippen LogP contribution in [0.5, 0.6) is 0 Å². The molecular weight excluding hydrogens is 328 g/mol. The Bertz CT molecular complexity index is 902. The highest BCUT2D eigenvalue weighted by atomic mass is 15.1. The third kappa shape index (κ3) is 5.42. The molecule has 0 spiro atoms. The van der Waals surface area contributed by atoms with E-state index in [1.165, 1.54) is 27.9 Å². The van der Waals surface area contributed by atoms with Gasteiger partial charge in [0.1, 0.15) is 7.05 Å². The second-order valence-electron chi connectivity index (χ2n) is 6.74. The van der Waals surface area contributed by atoms with Gasteiger partial charge in [0, 0.05) is 31.4 Å². The maximum absolute atomic E-state index is 2.23. The summed E-state index contributed by atoms with van der Waals surface area (Å²) < 4.78 is 2.04. The second kappa shape index (κ2) is 9.00. The Morgan fingerprint density at radius 3 is 1.44 bits per heavy atom. The molecule has 136 valence electrons. The molecule has 0 saturated carbocycles. The smallest absolute Gasteiger partial charge is 0.169 e. The molecule has 0 amide bonds. The average Bonchev–Trinajstić information content (AvgIpc) is 2.72. The first-order valence-electron chi connectivity index (χ1n) is 9.37. The van der Waals surface area contributed by atoms with E-state index in [1.807, 2.05) is 11.6 Å². The molecule has 0 aliphatic heterocycles. The van der Waals surface area contributed by atoms with Crippen LogP contribution < -0.4 is 9.47 Å². The second-order valence-corrected chi connectivity index (χ2v) is 6.74. The van der Waals surface area contributed by atoms with Crippen molar-refractivity contribution >= 4 is 30.0 Å². The van der Waals surface area contributed by atoms with Gasteiger partial charge in [0.05, 0.1) is 0 Å². The Morgan fingerprint density at radius 2 is 1.04 bits per heavy atom. The zero-order valence-electron chi connectivity index (χ0n) is 16.3. The van der Waals surface area contributed by atoms with Crippen LogP contribution in [0.25, 0.3) is 24.3 Å². The Balaban J connectivity index is 1.63. The van der Waals surface area contributed by atoms with Crippen LogP contribution in [-0.4, -0.2) is 13.6 Å². The van der Waals surface area contributed by atoms with E-state index in [4.69, 9.17) is 0 Å². The summed E-state index contributed by atoms with van der Waals surface area (Å²) in [4.78, 5) is 2.23. The quantitative estimate of drug-likeness (QED) is 0.429. The van der Waals surface area contributed by atoms with Crippen LogP contribution in [0.4, 0.5) is 5.69 Å². The van der Waals surface area contributed by atoms with Crippen molar-refractivity contribution in [2.75, 3.05) is 18.5 Å². The van der Waals surface area contributed by atoms with Gasteiger partial charge in [-0.05, 0) is 41.3 Å². The Morgan fingerprint density at radius 1 is 0.667 bits per heavy atom. The Kier molecular flexibility index (Phi) is 6.22. The molecule has 0 radical (unpaired) electrons. The van der Waals surface area contributed by atoms with Crippen molar-refractivity contribution in [1.82, 2.24) is 0 Å². The lowest BCUT2D eigenvalue weighted by Crippen LogP contribution is -2.25. The minimum absolute atomic E-state index is 1.01. The van der Waals surface area contributed by atoms with Crippen molar-refractivity contribution in [3.63, 3.8) is 0 Å². The van der Waals surface area contributed by atoms with Crippen molar-refractivity contribution in [3.8, 4) is 0 Å². The highest BCUT2D eigenvalue weighted by Gasteiger charge is 1.97. The molecule has 0 N–H and O–H groups in total. The summed E-state index contributed by atoms with van der Waals surface area (Å²) in [6.45, 7) is 3.17. The van der Waals surface area contributed by atoms with Crippen LogP contribution in [0, 0.1) is 0 Å². The molecule has 1 heterocycles. The minimum Gasteiger partial charge on any atom is -0.375 e. The fourth-order valence-corrected chi connectivity index (χ4v) is 2.75. The summed E-state index contributed by atoms with van der Waals surface area (Å²) in [5, 5.41) is 0. The molecule has 0 atom stereocenters. The fraction of sp³-hybridized carbons (Fsp3) is 0.160. The lowest BCUT2D eigenvalue weighted by Gasteiger charge is -2.16. The van der Waals surface area contributed by atoms with Crippen molar-refractivity contribution < 1.29 is 4.57 Å². The summed E-state index contributed by atoms with van der Waals surface area (Å²) in [5.41, 5.74) is 6.07. The highest BCUT2D eigenvalue weighted by molar-refractivity contribution is 5.73. The van der Waals surface area contributed by atoms with Crippen molar-refractivity contribution in [3.05, 3.63) is 95.3 Å². The van der Waals surface area contributed by atoms with E-state index in [9.17, 15) is 0 Å². The minimum atomic E-state index is 1.01. The van der Waals surface area contributed by atoms with Crippen LogP contribution in [0.1, 0.15) is 29.2 Å². The van der Waals surface area contributed by atoms with Gasteiger partial charge in [-0.1, -0.05) is 60.7 Å². The Hall–Kier alpha value is -3.13. The molecule has 2 aromatic carbocycles. The number of nitrogens with zero attached hydrogens (tertiary/aromatic N) is 2. The fourth-order valence-electron chi connectivity index (χ4n) is 2.75. The molecule has 0 unspecified atom stereocenters. The van der Waals surface area contributed by atoms with E-state index in [-0.39, 0.29) is 0 Å². The third-order valence-electron chi connectivity index (χ3n) is 4.69. The van der Waals surface area contributed by atoms with Crippen molar-refractivity contribution in [2.45, 2.75) is 6.92 Å². The number of hydrogen-bond acceptors (Lipinski definition) is 1. The van der Waals surface area contributed by atoms with Gasteiger partial charge in [-0.2, -0.15) is 0 Å². The molecule has 0 bridgehead atoms. The molecule has 0 aliphatic carbocycles. The van der Waals surface area contributed by atoms with E-state index in [0.717, 1.165) is 6.54 Å². The molecule has 3 aromatic rings. The summed E-state index contributed by atoms with van der Waals surface area (Å²) in [6.07, 6.45) is 12.7. The molecule has 3 rings (SSSR count). The van der Waals surface area contributed by atoms with Crippen LogP contribution in [0.15, 0.2) is 73.1 Å². The predicted molar refractivity (Wildman–Crippen MR) is 117 cm³/mol. The number of anilines is 1. The zero-order valence-corrected chi connectivity index (χ0v) is 16.3. The van der Waals surface area contributed by atoms with E-state index in [1.54, 1.807) is 0 Å². The number of rotatable bonds is 6. The van der Waals surface area contributed by atoms with Gasteiger partial charge < -0.3 is 4.90 Å².